The summed E-state index contributed by atoms with van der Waals surface area (Å²) in [4.78, 5) is 35.1. The molecule has 6 rings (SSSR count). The van der Waals surface area contributed by atoms with E-state index >= 15 is 0 Å². The predicted octanol–water partition coefficient (Wildman–Crippen LogP) is 4.20. The van der Waals surface area contributed by atoms with Crippen LogP contribution in [0.4, 0.5) is 0 Å². The highest BCUT2D eigenvalue weighted by Gasteiger charge is 2.50. The molecular formula is C28H31N3O4. The van der Waals surface area contributed by atoms with Gasteiger partial charge >= 0.3 is 0 Å². The molecule has 0 spiro atoms. The molecule has 3 aromatic rings. The van der Waals surface area contributed by atoms with E-state index in [9.17, 15) is 9.59 Å². The van der Waals surface area contributed by atoms with Crippen molar-refractivity contribution in [3.8, 4) is 11.5 Å². The zero-order valence-electron chi connectivity index (χ0n) is 20.3. The lowest BCUT2D eigenvalue weighted by Crippen LogP contribution is -2.65. The number of piperazine rings is 1. The van der Waals surface area contributed by atoms with Crippen LogP contribution in [-0.2, 0) is 16.0 Å². The van der Waals surface area contributed by atoms with Gasteiger partial charge in [0.05, 0.1) is 14.2 Å². The van der Waals surface area contributed by atoms with Crippen LogP contribution in [-0.4, -0.2) is 59.4 Å². The van der Waals surface area contributed by atoms with Crippen molar-refractivity contribution in [2.75, 3.05) is 20.8 Å². The molecule has 35 heavy (non-hydrogen) atoms. The molecule has 3 heterocycles. The highest BCUT2D eigenvalue weighted by Crippen LogP contribution is 2.47. The maximum Gasteiger partial charge on any atom is 0.246 e. The Balaban J connectivity index is 1.52. The van der Waals surface area contributed by atoms with Gasteiger partial charge in [0.2, 0.25) is 11.8 Å². The van der Waals surface area contributed by atoms with Crippen LogP contribution < -0.4 is 9.47 Å². The van der Waals surface area contributed by atoms with Crippen LogP contribution in [0.25, 0.3) is 10.9 Å². The molecule has 7 nitrogen and oxygen atoms in total. The molecule has 2 atom stereocenters. The van der Waals surface area contributed by atoms with Gasteiger partial charge < -0.3 is 24.3 Å². The average Bonchev–Trinajstić information content (AvgIpc) is 3.28. The van der Waals surface area contributed by atoms with E-state index in [4.69, 9.17) is 9.47 Å². The van der Waals surface area contributed by atoms with Crippen LogP contribution in [0.5, 0.6) is 11.5 Å². The van der Waals surface area contributed by atoms with Gasteiger partial charge in [0.1, 0.15) is 18.6 Å². The number of nitrogens with one attached hydrogen (secondary N) is 1. The zero-order chi connectivity index (χ0) is 24.1. The fourth-order valence-corrected chi connectivity index (χ4v) is 6.44. The molecule has 2 aromatic carbocycles. The Morgan fingerprint density at radius 2 is 1.74 bits per heavy atom. The number of methoxy groups -OCH3 is 2. The van der Waals surface area contributed by atoms with Gasteiger partial charge in [-0.15, -0.1) is 0 Å². The minimum absolute atomic E-state index is 0.0145. The Bertz CT molecular complexity index is 1290. The molecule has 2 amide bonds. The topological polar surface area (TPSA) is 74.9 Å². The fourth-order valence-electron chi connectivity index (χ4n) is 6.44. The molecule has 2 fully saturated rings. The molecule has 1 aliphatic carbocycles. The summed E-state index contributed by atoms with van der Waals surface area (Å²) in [7, 11) is 3.22. The number of ether oxygens (including phenoxy) is 2. The molecular weight excluding hydrogens is 442 g/mol. The first-order valence-electron chi connectivity index (χ1n) is 12.5. The maximum atomic E-state index is 14.0. The fraction of sp³-hybridized carbons (Fsp3) is 0.429. The normalized spacial score (nSPS) is 22.8. The van der Waals surface area contributed by atoms with Crippen molar-refractivity contribution in [2.24, 2.45) is 0 Å². The molecule has 0 bridgehead atoms. The van der Waals surface area contributed by atoms with Gasteiger partial charge in [-0.1, -0.05) is 49.6 Å². The van der Waals surface area contributed by atoms with Gasteiger partial charge in [0.15, 0.2) is 11.5 Å². The van der Waals surface area contributed by atoms with E-state index in [1.54, 1.807) is 19.1 Å². The van der Waals surface area contributed by atoms with Crippen molar-refractivity contribution in [1.29, 1.82) is 0 Å². The number of para-hydroxylation sites is 2. The Kier molecular flexibility index (Phi) is 5.43. The van der Waals surface area contributed by atoms with Gasteiger partial charge in [0, 0.05) is 34.6 Å². The molecule has 7 heteroatoms. The number of nitrogens with zero attached hydrogens (tertiary/aromatic N) is 2. The van der Waals surface area contributed by atoms with E-state index in [-0.39, 0.29) is 24.4 Å². The van der Waals surface area contributed by atoms with Crippen LogP contribution in [0.2, 0.25) is 0 Å². The number of benzene rings is 2. The van der Waals surface area contributed by atoms with Gasteiger partial charge in [-0.05, 0) is 30.5 Å². The number of aromatic nitrogens is 1. The summed E-state index contributed by atoms with van der Waals surface area (Å²) in [6.07, 6.45) is 5.92. The molecule has 0 radical (unpaired) electrons. The summed E-state index contributed by atoms with van der Waals surface area (Å²) in [5, 5.41) is 1.10. The van der Waals surface area contributed by atoms with E-state index in [0.717, 1.165) is 53.4 Å². The Morgan fingerprint density at radius 1 is 0.943 bits per heavy atom. The van der Waals surface area contributed by atoms with Gasteiger partial charge in [-0.25, -0.2) is 0 Å². The highest BCUT2D eigenvalue weighted by atomic mass is 16.5. The first kappa shape index (κ1) is 22.0. The third-order valence-corrected chi connectivity index (χ3v) is 8.04. The highest BCUT2D eigenvalue weighted by molar-refractivity contribution is 5.98. The molecule has 2 aliphatic heterocycles. The Labute approximate surface area is 205 Å². The number of hydrogen-bond acceptors (Lipinski definition) is 4. The van der Waals surface area contributed by atoms with E-state index in [1.807, 2.05) is 41.3 Å². The minimum Gasteiger partial charge on any atom is -0.493 e. The van der Waals surface area contributed by atoms with Crippen molar-refractivity contribution in [3.63, 3.8) is 0 Å². The van der Waals surface area contributed by atoms with Crippen molar-refractivity contribution in [1.82, 2.24) is 14.8 Å². The van der Waals surface area contributed by atoms with E-state index in [0.29, 0.717) is 17.9 Å². The van der Waals surface area contributed by atoms with Crippen molar-refractivity contribution in [2.45, 2.75) is 56.7 Å². The van der Waals surface area contributed by atoms with Crippen molar-refractivity contribution >= 4 is 22.7 Å². The molecule has 182 valence electrons. The van der Waals surface area contributed by atoms with Crippen LogP contribution in [0, 0.1) is 0 Å². The summed E-state index contributed by atoms with van der Waals surface area (Å²) in [6, 6.07) is 13.0. The van der Waals surface area contributed by atoms with E-state index in [2.05, 4.69) is 11.1 Å². The SMILES string of the molecule is COc1cccc([C@@H]2c3[nH]c4ccccc4c3C[C@H]3C(=O)N(C4CCCCC4)CC(=O)N23)c1OC. The number of aromatic amines is 1. The van der Waals surface area contributed by atoms with Crippen LogP contribution in [0.15, 0.2) is 42.5 Å². The molecule has 0 unspecified atom stereocenters. The first-order valence-corrected chi connectivity index (χ1v) is 12.5. The molecule has 1 saturated heterocycles. The molecule has 1 saturated carbocycles. The summed E-state index contributed by atoms with van der Waals surface area (Å²) in [5.41, 5.74) is 3.87. The maximum absolute atomic E-state index is 14.0. The quantitative estimate of drug-likeness (QED) is 0.616. The molecule has 1 N–H and O–H groups in total. The first-order chi connectivity index (χ1) is 17.1. The average molecular weight is 474 g/mol. The smallest absolute Gasteiger partial charge is 0.246 e. The molecule has 3 aliphatic rings. The van der Waals surface area contributed by atoms with Gasteiger partial charge in [-0.2, -0.15) is 0 Å². The van der Waals surface area contributed by atoms with Gasteiger partial charge in [-0.3, -0.25) is 9.59 Å². The summed E-state index contributed by atoms with van der Waals surface area (Å²) in [6.45, 7) is 0.137. The number of hydrogen-bond donors (Lipinski definition) is 1. The third kappa shape index (κ3) is 3.39. The largest absolute Gasteiger partial charge is 0.493 e. The summed E-state index contributed by atoms with van der Waals surface area (Å²) in [5.74, 6) is 1.24. The van der Waals surface area contributed by atoms with Crippen LogP contribution >= 0.6 is 0 Å². The second-order valence-corrected chi connectivity index (χ2v) is 9.83. The number of amides is 2. The lowest BCUT2D eigenvalue weighted by molar-refractivity contribution is -0.161. The van der Waals surface area contributed by atoms with Crippen molar-refractivity contribution in [3.05, 3.63) is 59.3 Å². The van der Waals surface area contributed by atoms with Gasteiger partial charge in [0.25, 0.3) is 0 Å². The van der Waals surface area contributed by atoms with E-state index < -0.39 is 12.1 Å². The van der Waals surface area contributed by atoms with Crippen molar-refractivity contribution < 1.29 is 19.1 Å². The number of H-pyrrole nitrogens is 1. The monoisotopic (exact) mass is 473 g/mol. The van der Waals surface area contributed by atoms with Crippen LogP contribution in [0.3, 0.4) is 0 Å². The zero-order valence-corrected chi connectivity index (χ0v) is 20.3. The predicted molar refractivity (Wildman–Crippen MR) is 133 cm³/mol. The lowest BCUT2D eigenvalue weighted by atomic mass is 9.84. The standard InChI is InChI=1S/C28H31N3O4/c1-34-23-14-8-12-19(27(23)35-2)26-25-20(18-11-6-7-13-21(18)29-25)15-22-28(33)30(16-24(32)31(22)26)17-9-4-3-5-10-17/h6-8,11-14,17,22,26,29H,3-5,9-10,15-16H2,1-2H3/t22-,26+/m0/s1. The minimum atomic E-state index is -0.536. The van der Waals surface area contributed by atoms with Crippen LogP contribution in [0.1, 0.15) is 55.0 Å². The van der Waals surface area contributed by atoms with E-state index in [1.165, 1.54) is 6.42 Å². The number of carbonyl (C=O) groups is 2. The lowest BCUT2D eigenvalue weighted by Gasteiger charge is -2.49. The Hall–Kier alpha value is -3.48. The molecule has 1 aromatic heterocycles. The summed E-state index contributed by atoms with van der Waals surface area (Å²) < 4.78 is 11.4. The third-order valence-electron chi connectivity index (χ3n) is 8.04. The number of rotatable bonds is 4. The second-order valence-electron chi connectivity index (χ2n) is 9.83. The number of fused-ring (bicyclic) bond motifs is 4. The number of carbonyl (C=O) groups excluding carboxylic acids is 2. The second kappa shape index (κ2) is 8.63. The Morgan fingerprint density at radius 3 is 2.51 bits per heavy atom. The summed E-state index contributed by atoms with van der Waals surface area (Å²) >= 11 is 0.